The summed E-state index contributed by atoms with van der Waals surface area (Å²) in [7, 11) is 0. The highest BCUT2D eigenvalue weighted by Gasteiger charge is 2.21. The fraction of sp³-hybridized carbons (Fsp3) is 0.500. The second-order valence-electron chi connectivity index (χ2n) is 6.93. The van der Waals surface area contributed by atoms with E-state index in [1.165, 1.54) is 6.20 Å². The Morgan fingerprint density at radius 1 is 1.00 bits per heavy atom. The van der Waals surface area contributed by atoms with E-state index >= 15 is 0 Å². The Kier molecular flexibility index (Phi) is 6.27. The number of carbonyl (C=O) groups is 2. The molecule has 0 bridgehead atoms. The van der Waals surface area contributed by atoms with Gasteiger partial charge in [0, 0.05) is 6.20 Å². The quantitative estimate of drug-likeness (QED) is 0.606. The number of aliphatic imine (C=N–C) groups is 1. The summed E-state index contributed by atoms with van der Waals surface area (Å²) >= 11 is 0. The van der Waals surface area contributed by atoms with Crippen molar-refractivity contribution in [3.63, 3.8) is 0 Å². The third kappa shape index (κ3) is 8.72. The first-order valence-electron chi connectivity index (χ1n) is 7.43. The molecule has 1 aromatic rings. The molecule has 1 heterocycles. The molecule has 132 valence electrons. The number of pyridine rings is 1. The van der Waals surface area contributed by atoms with Gasteiger partial charge in [-0.1, -0.05) is 0 Å². The number of hydrogen-bond donors (Lipinski definition) is 2. The molecule has 0 saturated heterocycles. The van der Waals surface area contributed by atoms with Crippen LogP contribution in [-0.4, -0.2) is 34.3 Å². The van der Waals surface area contributed by atoms with Gasteiger partial charge in [0.15, 0.2) is 0 Å². The van der Waals surface area contributed by atoms with Gasteiger partial charge in [0.05, 0.1) is 11.9 Å². The zero-order chi connectivity index (χ0) is 18.4. The highest BCUT2D eigenvalue weighted by molar-refractivity contribution is 6.02. The Labute approximate surface area is 141 Å². The van der Waals surface area contributed by atoms with Crippen LogP contribution in [0.4, 0.5) is 15.3 Å². The number of nitrogens with one attached hydrogen (secondary N) is 2. The summed E-state index contributed by atoms with van der Waals surface area (Å²) in [5.74, 6) is -0.119. The van der Waals surface area contributed by atoms with Gasteiger partial charge in [0.1, 0.15) is 11.2 Å². The molecule has 0 spiro atoms. The predicted octanol–water partition coefficient (Wildman–Crippen LogP) is 3.12. The number of amides is 2. The molecule has 0 aliphatic heterocycles. The fourth-order valence-corrected chi connectivity index (χ4v) is 1.44. The Morgan fingerprint density at radius 2 is 1.50 bits per heavy atom. The lowest BCUT2D eigenvalue weighted by Crippen LogP contribution is -2.47. The summed E-state index contributed by atoms with van der Waals surface area (Å²) in [4.78, 5) is 31.9. The van der Waals surface area contributed by atoms with E-state index in [4.69, 9.17) is 9.47 Å². The lowest BCUT2D eigenvalue weighted by atomic mass is 10.2. The second-order valence-corrected chi connectivity index (χ2v) is 6.93. The Balaban J connectivity index is 2.90. The fourth-order valence-electron chi connectivity index (χ4n) is 1.44. The van der Waals surface area contributed by atoms with E-state index in [2.05, 4.69) is 20.6 Å². The number of rotatable bonds is 1. The molecule has 0 atom stereocenters. The molecule has 0 aromatic carbocycles. The number of carbonyl (C=O) groups excluding carboxylic acids is 2. The van der Waals surface area contributed by atoms with Crippen molar-refractivity contribution >= 4 is 23.8 Å². The van der Waals surface area contributed by atoms with Gasteiger partial charge in [-0.25, -0.2) is 14.6 Å². The highest BCUT2D eigenvalue weighted by Crippen LogP contribution is 2.10. The van der Waals surface area contributed by atoms with E-state index in [1.807, 2.05) is 0 Å². The number of ether oxygens (including phenoxy) is 2. The lowest BCUT2D eigenvalue weighted by molar-refractivity contribution is 0.0545. The number of guanidine groups is 1. The second kappa shape index (κ2) is 7.76. The molecule has 2 N–H and O–H groups in total. The highest BCUT2D eigenvalue weighted by atomic mass is 16.6. The van der Waals surface area contributed by atoms with Gasteiger partial charge in [-0.3, -0.25) is 15.6 Å². The van der Waals surface area contributed by atoms with Gasteiger partial charge >= 0.3 is 12.2 Å². The molecule has 0 saturated carbocycles. The molecule has 0 radical (unpaired) electrons. The Hall–Kier alpha value is -2.64. The van der Waals surface area contributed by atoms with Gasteiger partial charge in [-0.2, -0.15) is 0 Å². The van der Waals surface area contributed by atoms with Crippen molar-refractivity contribution < 1.29 is 19.1 Å². The van der Waals surface area contributed by atoms with Crippen LogP contribution >= 0.6 is 0 Å². The van der Waals surface area contributed by atoms with Gasteiger partial charge in [0.25, 0.3) is 0 Å². The minimum Gasteiger partial charge on any atom is -0.444 e. The van der Waals surface area contributed by atoms with Gasteiger partial charge in [0.2, 0.25) is 5.96 Å². The van der Waals surface area contributed by atoms with Crippen LogP contribution in [0, 0.1) is 0 Å². The normalized spacial score (nSPS) is 11.2. The predicted molar refractivity (Wildman–Crippen MR) is 90.1 cm³/mol. The van der Waals surface area contributed by atoms with Crippen LogP contribution in [0.2, 0.25) is 0 Å². The Bertz CT molecular complexity index is 569. The molecule has 24 heavy (non-hydrogen) atoms. The van der Waals surface area contributed by atoms with Crippen molar-refractivity contribution in [1.82, 2.24) is 15.6 Å². The standard InChI is InChI=1S/C16H24N4O4/c1-15(2,3)23-13(21)19-12(18-11-8-7-9-17-10-11)20-14(22)24-16(4,5)6/h7-10H,1-6H3,(H2,18,19,20,21,22). The van der Waals surface area contributed by atoms with Gasteiger partial charge in [-0.15, -0.1) is 0 Å². The summed E-state index contributed by atoms with van der Waals surface area (Å²) in [5.41, 5.74) is -0.926. The van der Waals surface area contributed by atoms with Crippen LogP contribution in [0.1, 0.15) is 41.5 Å². The molecule has 0 unspecified atom stereocenters. The van der Waals surface area contributed by atoms with Crippen LogP contribution < -0.4 is 10.6 Å². The minimum atomic E-state index is -0.749. The smallest absolute Gasteiger partial charge is 0.414 e. The molecule has 0 aliphatic carbocycles. The molecule has 8 heteroatoms. The molecule has 2 amide bonds. The summed E-state index contributed by atoms with van der Waals surface area (Å²) in [6.45, 7) is 10.4. The van der Waals surface area contributed by atoms with Crippen molar-refractivity contribution in [2.75, 3.05) is 0 Å². The van der Waals surface area contributed by atoms with Crippen LogP contribution in [0.5, 0.6) is 0 Å². The molecule has 0 fully saturated rings. The first-order chi connectivity index (χ1) is 10.9. The van der Waals surface area contributed by atoms with Crippen molar-refractivity contribution in [1.29, 1.82) is 0 Å². The Morgan fingerprint density at radius 3 is 1.88 bits per heavy atom. The first-order valence-corrected chi connectivity index (χ1v) is 7.43. The SMILES string of the molecule is CC(C)(C)OC(=O)NC(=Nc1cccnc1)NC(=O)OC(C)(C)C. The average Bonchev–Trinajstić information content (AvgIpc) is 2.34. The van der Waals surface area contributed by atoms with Crippen molar-refractivity contribution in [2.45, 2.75) is 52.7 Å². The maximum Gasteiger partial charge on any atom is 0.414 e. The molecular formula is C16H24N4O4. The van der Waals surface area contributed by atoms with Gasteiger partial charge in [-0.05, 0) is 53.7 Å². The zero-order valence-corrected chi connectivity index (χ0v) is 14.8. The summed E-state index contributed by atoms with van der Waals surface area (Å²) < 4.78 is 10.3. The van der Waals surface area contributed by atoms with Crippen molar-refractivity contribution in [3.05, 3.63) is 24.5 Å². The van der Waals surface area contributed by atoms with E-state index in [9.17, 15) is 9.59 Å². The topological polar surface area (TPSA) is 102 Å². The maximum absolute atomic E-state index is 11.9. The monoisotopic (exact) mass is 336 g/mol. The largest absolute Gasteiger partial charge is 0.444 e. The van der Waals surface area contributed by atoms with E-state index in [-0.39, 0.29) is 5.96 Å². The van der Waals surface area contributed by atoms with Crippen LogP contribution in [0.15, 0.2) is 29.5 Å². The lowest BCUT2D eigenvalue weighted by Gasteiger charge is -2.22. The molecule has 8 nitrogen and oxygen atoms in total. The van der Waals surface area contributed by atoms with E-state index in [0.717, 1.165) is 0 Å². The van der Waals surface area contributed by atoms with Crippen molar-refractivity contribution in [2.24, 2.45) is 4.99 Å². The van der Waals surface area contributed by atoms with Gasteiger partial charge < -0.3 is 9.47 Å². The van der Waals surface area contributed by atoms with Crippen LogP contribution in [0.25, 0.3) is 0 Å². The van der Waals surface area contributed by atoms with E-state index < -0.39 is 23.4 Å². The van der Waals surface area contributed by atoms with Crippen LogP contribution in [0.3, 0.4) is 0 Å². The molecule has 1 aromatic heterocycles. The number of hydrogen-bond acceptors (Lipinski definition) is 6. The summed E-state index contributed by atoms with van der Waals surface area (Å²) in [6, 6.07) is 3.35. The molecular weight excluding hydrogens is 312 g/mol. The van der Waals surface area contributed by atoms with Crippen LogP contribution in [-0.2, 0) is 9.47 Å². The van der Waals surface area contributed by atoms with E-state index in [1.54, 1.807) is 59.9 Å². The van der Waals surface area contributed by atoms with Crippen molar-refractivity contribution in [3.8, 4) is 0 Å². The first kappa shape index (κ1) is 19.4. The number of nitrogens with zero attached hydrogens (tertiary/aromatic N) is 2. The third-order valence-corrected chi connectivity index (χ3v) is 2.13. The minimum absolute atomic E-state index is 0.119. The molecule has 1 rings (SSSR count). The zero-order valence-electron chi connectivity index (χ0n) is 14.8. The third-order valence-electron chi connectivity index (χ3n) is 2.13. The number of alkyl carbamates (subject to hydrolysis) is 2. The molecule has 0 aliphatic rings. The maximum atomic E-state index is 11.9. The summed E-state index contributed by atoms with van der Waals surface area (Å²) in [6.07, 6.45) is 1.57. The summed E-state index contributed by atoms with van der Waals surface area (Å²) in [5, 5.41) is 4.78. The van der Waals surface area contributed by atoms with E-state index in [0.29, 0.717) is 5.69 Å². The number of aromatic nitrogens is 1. The average molecular weight is 336 g/mol.